The molecular weight excluding hydrogens is 314 g/mol. The van der Waals surface area contributed by atoms with Crippen LogP contribution in [0.5, 0.6) is 5.88 Å². The molecule has 25 heavy (non-hydrogen) atoms. The van der Waals surface area contributed by atoms with E-state index in [1.54, 1.807) is 19.4 Å². The highest BCUT2D eigenvalue weighted by Crippen LogP contribution is 2.18. The minimum absolute atomic E-state index is 0.542. The summed E-state index contributed by atoms with van der Waals surface area (Å²) >= 11 is 0. The molecule has 0 saturated carbocycles. The molecule has 0 radical (unpaired) electrons. The minimum Gasteiger partial charge on any atom is -0.481 e. The quantitative estimate of drug-likeness (QED) is 0.607. The van der Waals surface area contributed by atoms with Gasteiger partial charge in [-0.15, -0.1) is 0 Å². The third-order valence-electron chi connectivity index (χ3n) is 3.96. The van der Waals surface area contributed by atoms with E-state index >= 15 is 0 Å². The van der Waals surface area contributed by atoms with Gasteiger partial charge in [0.25, 0.3) is 0 Å². The molecule has 0 aliphatic carbocycles. The summed E-state index contributed by atoms with van der Waals surface area (Å²) in [7, 11) is 1.59. The molecule has 6 heteroatoms. The number of nitrogens with zero attached hydrogens (tertiary/aromatic N) is 4. The Morgan fingerprint density at radius 2 is 1.84 bits per heavy atom. The van der Waals surface area contributed by atoms with Crippen LogP contribution < -0.4 is 10.1 Å². The molecule has 0 unspecified atom stereocenters. The molecule has 6 nitrogen and oxygen atoms in total. The molecule has 4 aromatic rings. The van der Waals surface area contributed by atoms with Gasteiger partial charge in [0.15, 0.2) is 0 Å². The Bertz CT molecular complexity index is 994. The van der Waals surface area contributed by atoms with Gasteiger partial charge in [-0.05, 0) is 29.8 Å². The maximum atomic E-state index is 5.10. The van der Waals surface area contributed by atoms with Gasteiger partial charge in [-0.2, -0.15) is 4.98 Å². The SMILES string of the molecule is COc1ccnc(NCc2ccc(-n3cnc4ccccc43)cc2)n1. The van der Waals surface area contributed by atoms with Gasteiger partial charge < -0.3 is 10.1 Å². The minimum atomic E-state index is 0.542. The first-order valence-electron chi connectivity index (χ1n) is 7.96. The predicted octanol–water partition coefficient (Wildman–Crippen LogP) is 3.44. The van der Waals surface area contributed by atoms with Crippen LogP contribution in [0.1, 0.15) is 5.56 Å². The highest BCUT2D eigenvalue weighted by atomic mass is 16.5. The van der Waals surface area contributed by atoms with Crippen molar-refractivity contribution in [1.29, 1.82) is 0 Å². The lowest BCUT2D eigenvalue weighted by atomic mass is 10.2. The lowest BCUT2D eigenvalue weighted by molar-refractivity contribution is 0.397. The average Bonchev–Trinajstić information content (AvgIpc) is 3.11. The zero-order valence-electron chi connectivity index (χ0n) is 13.8. The zero-order valence-corrected chi connectivity index (χ0v) is 13.8. The normalized spacial score (nSPS) is 10.8. The summed E-state index contributed by atoms with van der Waals surface area (Å²) in [5, 5.41) is 3.20. The average molecular weight is 331 g/mol. The van der Waals surface area contributed by atoms with E-state index in [9.17, 15) is 0 Å². The Hall–Kier alpha value is -3.41. The maximum absolute atomic E-state index is 5.10. The molecule has 0 spiro atoms. The Kier molecular flexibility index (Phi) is 4.00. The summed E-state index contributed by atoms with van der Waals surface area (Å²) in [4.78, 5) is 12.9. The topological polar surface area (TPSA) is 64.9 Å². The molecule has 0 fully saturated rings. The highest BCUT2D eigenvalue weighted by Gasteiger charge is 2.04. The number of benzene rings is 2. The van der Waals surface area contributed by atoms with E-state index in [2.05, 4.69) is 55.2 Å². The van der Waals surface area contributed by atoms with Gasteiger partial charge in [0, 0.05) is 24.5 Å². The number of hydrogen-bond acceptors (Lipinski definition) is 5. The standard InChI is InChI=1S/C19H17N5O/c1-25-18-10-11-20-19(23-18)21-12-14-6-8-15(9-7-14)24-13-22-16-4-2-3-5-17(16)24/h2-11,13H,12H2,1H3,(H,20,21,23). The number of ether oxygens (including phenoxy) is 1. The van der Waals surface area contributed by atoms with Gasteiger partial charge in [-0.25, -0.2) is 9.97 Å². The number of nitrogens with one attached hydrogen (secondary N) is 1. The van der Waals surface area contributed by atoms with E-state index < -0.39 is 0 Å². The van der Waals surface area contributed by atoms with Crippen molar-refractivity contribution in [2.75, 3.05) is 12.4 Å². The molecule has 0 saturated heterocycles. The van der Waals surface area contributed by atoms with Gasteiger partial charge in [-0.3, -0.25) is 4.57 Å². The van der Waals surface area contributed by atoms with Crippen molar-refractivity contribution in [1.82, 2.24) is 19.5 Å². The Labute approximate surface area is 145 Å². The highest BCUT2D eigenvalue weighted by molar-refractivity contribution is 5.77. The number of anilines is 1. The van der Waals surface area contributed by atoms with Crippen LogP contribution in [0.3, 0.4) is 0 Å². The van der Waals surface area contributed by atoms with Crippen molar-refractivity contribution in [3.05, 3.63) is 72.7 Å². The van der Waals surface area contributed by atoms with Crippen LogP contribution in [0, 0.1) is 0 Å². The van der Waals surface area contributed by atoms with E-state index in [4.69, 9.17) is 4.74 Å². The summed E-state index contributed by atoms with van der Waals surface area (Å²) in [6, 6.07) is 18.1. The molecule has 2 heterocycles. The van der Waals surface area contributed by atoms with Crippen LogP contribution in [-0.4, -0.2) is 26.6 Å². The molecule has 1 N–H and O–H groups in total. The summed E-state index contributed by atoms with van der Waals surface area (Å²) in [6.45, 7) is 0.637. The first kappa shape index (κ1) is 15.1. The summed E-state index contributed by atoms with van der Waals surface area (Å²) in [6.07, 6.45) is 3.52. The molecular formula is C19H17N5O. The number of imidazole rings is 1. The first-order chi connectivity index (χ1) is 12.3. The van der Waals surface area contributed by atoms with Gasteiger partial charge >= 0.3 is 0 Å². The molecule has 0 aliphatic rings. The number of hydrogen-bond donors (Lipinski definition) is 1. The van der Waals surface area contributed by atoms with Crippen LogP contribution in [0.15, 0.2) is 67.1 Å². The number of rotatable bonds is 5. The fraction of sp³-hybridized carbons (Fsp3) is 0.105. The lowest BCUT2D eigenvalue weighted by Gasteiger charge is -2.08. The largest absolute Gasteiger partial charge is 0.481 e. The van der Waals surface area contributed by atoms with E-state index in [1.165, 1.54) is 0 Å². The monoisotopic (exact) mass is 331 g/mol. The second-order valence-corrected chi connectivity index (χ2v) is 5.55. The predicted molar refractivity (Wildman–Crippen MR) is 97.0 cm³/mol. The fourth-order valence-corrected chi connectivity index (χ4v) is 2.66. The van der Waals surface area contributed by atoms with E-state index in [0.717, 1.165) is 22.3 Å². The lowest BCUT2D eigenvalue weighted by Crippen LogP contribution is -2.04. The van der Waals surface area contributed by atoms with Gasteiger partial charge in [0.1, 0.15) is 6.33 Å². The van der Waals surface area contributed by atoms with Crippen molar-refractivity contribution >= 4 is 17.0 Å². The van der Waals surface area contributed by atoms with Crippen LogP contribution in [0.4, 0.5) is 5.95 Å². The van der Waals surface area contributed by atoms with Crippen molar-refractivity contribution < 1.29 is 4.74 Å². The van der Waals surface area contributed by atoms with Crippen molar-refractivity contribution in [2.24, 2.45) is 0 Å². The third kappa shape index (κ3) is 3.14. The maximum Gasteiger partial charge on any atom is 0.226 e. The van der Waals surface area contributed by atoms with Gasteiger partial charge in [0.05, 0.1) is 18.1 Å². The van der Waals surface area contributed by atoms with E-state index in [1.807, 2.05) is 24.5 Å². The summed E-state index contributed by atoms with van der Waals surface area (Å²) in [5.74, 6) is 1.09. The first-order valence-corrected chi connectivity index (χ1v) is 7.96. The van der Waals surface area contributed by atoms with Crippen molar-refractivity contribution in [3.63, 3.8) is 0 Å². The summed E-state index contributed by atoms with van der Waals surface area (Å²) in [5.41, 5.74) is 4.30. The fourth-order valence-electron chi connectivity index (χ4n) is 2.66. The second-order valence-electron chi connectivity index (χ2n) is 5.55. The Balaban J connectivity index is 1.50. The number of aromatic nitrogens is 4. The molecule has 124 valence electrons. The zero-order chi connectivity index (χ0) is 17.1. The number of methoxy groups -OCH3 is 1. The van der Waals surface area contributed by atoms with Gasteiger partial charge in [-0.1, -0.05) is 24.3 Å². The van der Waals surface area contributed by atoms with Crippen molar-refractivity contribution in [3.8, 4) is 11.6 Å². The number of fused-ring (bicyclic) bond motifs is 1. The number of para-hydroxylation sites is 2. The molecule has 4 rings (SSSR count). The Morgan fingerprint density at radius 3 is 2.68 bits per heavy atom. The smallest absolute Gasteiger partial charge is 0.226 e. The second kappa shape index (κ2) is 6.60. The summed E-state index contributed by atoms with van der Waals surface area (Å²) < 4.78 is 7.18. The van der Waals surface area contributed by atoms with E-state index in [-0.39, 0.29) is 0 Å². The molecule has 0 amide bonds. The third-order valence-corrected chi connectivity index (χ3v) is 3.96. The van der Waals surface area contributed by atoms with Crippen molar-refractivity contribution in [2.45, 2.75) is 6.54 Å². The van der Waals surface area contributed by atoms with Gasteiger partial charge in [0.2, 0.25) is 11.8 Å². The van der Waals surface area contributed by atoms with Crippen LogP contribution >= 0.6 is 0 Å². The Morgan fingerprint density at radius 1 is 1.00 bits per heavy atom. The van der Waals surface area contributed by atoms with Crippen LogP contribution in [-0.2, 0) is 6.54 Å². The van der Waals surface area contributed by atoms with Crippen LogP contribution in [0.2, 0.25) is 0 Å². The molecule has 2 aromatic heterocycles. The molecule has 2 aromatic carbocycles. The van der Waals surface area contributed by atoms with E-state index in [0.29, 0.717) is 18.4 Å². The molecule has 0 aliphatic heterocycles. The van der Waals surface area contributed by atoms with Crippen LogP contribution in [0.25, 0.3) is 16.7 Å². The molecule has 0 bridgehead atoms. The molecule has 0 atom stereocenters.